The van der Waals surface area contributed by atoms with Crippen LogP contribution in [0.1, 0.15) is 37.0 Å². The molecule has 6 heteroatoms. The number of carboxylic acid groups (broad SMARTS) is 1. The number of amides is 1. The Balaban J connectivity index is 2.59. The van der Waals surface area contributed by atoms with Gasteiger partial charge in [-0.1, -0.05) is 25.6 Å². The molecule has 0 spiro atoms. The summed E-state index contributed by atoms with van der Waals surface area (Å²) < 4.78 is 0. The van der Waals surface area contributed by atoms with Crippen molar-refractivity contribution in [3.05, 3.63) is 23.9 Å². The molecule has 0 aliphatic carbocycles. The molecule has 1 aromatic heterocycles. The standard InChI is InChI=1S/C14H20N2O3S/c1-3-7-16(8-4-2)13(17)10-20-12-9-11(14(18)19)5-6-15-12/h5-6,9H,3-4,7-8,10H2,1-2H3,(H,18,19). The Kier molecular flexibility index (Phi) is 7.08. The minimum atomic E-state index is -0.987. The van der Waals surface area contributed by atoms with E-state index in [4.69, 9.17) is 5.11 Å². The van der Waals surface area contributed by atoms with Crippen LogP contribution in [0.25, 0.3) is 0 Å². The van der Waals surface area contributed by atoms with Crippen molar-refractivity contribution in [1.29, 1.82) is 0 Å². The maximum Gasteiger partial charge on any atom is 0.335 e. The molecule has 20 heavy (non-hydrogen) atoms. The van der Waals surface area contributed by atoms with Crippen LogP contribution in [0.4, 0.5) is 0 Å². The first-order chi connectivity index (χ1) is 9.58. The van der Waals surface area contributed by atoms with Gasteiger partial charge in [0.25, 0.3) is 0 Å². The molecule has 0 atom stereocenters. The molecule has 0 unspecified atom stereocenters. The summed E-state index contributed by atoms with van der Waals surface area (Å²) in [5.74, 6) is -0.629. The molecule has 0 fully saturated rings. The number of thioether (sulfide) groups is 1. The predicted molar refractivity (Wildman–Crippen MR) is 79.1 cm³/mol. The first-order valence-electron chi connectivity index (χ1n) is 6.68. The maximum absolute atomic E-state index is 12.1. The first-order valence-corrected chi connectivity index (χ1v) is 7.67. The van der Waals surface area contributed by atoms with Crippen molar-refractivity contribution in [2.45, 2.75) is 31.7 Å². The van der Waals surface area contributed by atoms with Crippen molar-refractivity contribution in [2.75, 3.05) is 18.8 Å². The van der Waals surface area contributed by atoms with Crippen molar-refractivity contribution in [3.8, 4) is 0 Å². The molecule has 110 valence electrons. The second kappa shape index (κ2) is 8.58. The van der Waals surface area contributed by atoms with Gasteiger partial charge in [-0.05, 0) is 25.0 Å². The number of aromatic nitrogens is 1. The van der Waals surface area contributed by atoms with E-state index in [9.17, 15) is 9.59 Å². The highest BCUT2D eigenvalue weighted by atomic mass is 32.2. The number of nitrogens with zero attached hydrogens (tertiary/aromatic N) is 2. The fourth-order valence-electron chi connectivity index (χ4n) is 1.75. The van der Waals surface area contributed by atoms with Crippen LogP contribution in [-0.2, 0) is 4.79 Å². The van der Waals surface area contributed by atoms with Gasteiger partial charge in [0.2, 0.25) is 5.91 Å². The molecule has 1 rings (SSSR count). The quantitative estimate of drug-likeness (QED) is 0.746. The molecule has 0 saturated heterocycles. The largest absolute Gasteiger partial charge is 0.478 e. The van der Waals surface area contributed by atoms with Gasteiger partial charge in [0.15, 0.2) is 0 Å². The lowest BCUT2D eigenvalue weighted by Crippen LogP contribution is -2.33. The van der Waals surface area contributed by atoms with E-state index in [0.29, 0.717) is 5.03 Å². The lowest BCUT2D eigenvalue weighted by Gasteiger charge is -2.21. The predicted octanol–water partition coefficient (Wildman–Crippen LogP) is 2.52. The van der Waals surface area contributed by atoms with Crippen molar-refractivity contribution in [2.24, 2.45) is 0 Å². The summed E-state index contributed by atoms with van der Waals surface area (Å²) in [6.45, 7) is 5.60. The minimum absolute atomic E-state index is 0.0706. The number of rotatable bonds is 8. The van der Waals surface area contributed by atoms with Crippen LogP contribution in [0.2, 0.25) is 0 Å². The number of hydrogen-bond donors (Lipinski definition) is 1. The average Bonchev–Trinajstić information content (AvgIpc) is 2.45. The Morgan fingerprint density at radius 1 is 1.30 bits per heavy atom. The number of aromatic carboxylic acids is 1. The summed E-state index contributed by atoms with van der Waals surface area (Å²) >= 11 is 1.27. The van der Waals surface area contributed by atoms with E-state index >= 15 is 0 Å². The topological polar surface area (TPSA) is 70.5 Å². The van der Waals surface area contributed by atoms with Crippen molar-refractivity contribution in [3.63, 3.8) is 0 Å². The molecule has 0 aliphatic rings. The van der Waals surface area contributed by atoms with Gasteiger partial charge < -0.3 is 10.0 Å². The summed E-state index contributed by atoms with van der Waals surface area (Å²) in [7, 11) is 0. The monoisotopic (exact) mass is 296 g/mol. The zero-order valence-electron chi connectivity index (χ0n) is 11.8. The van der Waals surface area contributed by atoms with Crippen molar-refractivity contribution < 1.29 is 14.7 Å². The molecule has 5 nitrogen and oxygen atoms in total. The summed E-state index contributed by atoms with van der Waals surface area (Å²) in [6, 6.07) is 2.93. The second-order valence-electron chi connectivity index (χ2n) is 4.36. The van der Waals surface area contributed by atoms with E-state index in [0.717, 1.165) is 25.9 Å². The molecule has 1 N–H and O–H groups in total. The van der Waals surface area contributed by atoms with Gasteiger partial charge >= 0.3 is 5.97 Å². The molecule has 0 saturated carbocycles. The van der Waals surface area contributed by atoms with Crippen molar-refractivity contribution >= 4 is 23.6 Å². The first kappa shape index (κ1) is 16.5. The van der Waals surface area contributed by atoms with E-state index < -0.39 is 5.97 Å². The lowest BCUT2D eigenvalue weighted by atomic mass is 10.3. The number of hydrogen-bond acceptors (Lipinski definition) is 4. The van der Waals surface area contributed by atoms with Crippen LogP contribution in [0, 0.1) is 0 Å². The molecule has 0 bridgehead atoms. The molecule has 0 aliphatic heterocycles. The van der Waals surface area contributed by atoms with E-state index in [1.807, 2.05) is 18.7 Å². The number of carbonyl (C=O) groups excluding carboxylic acids is 1. The maximum atomic E-state index is 12.1. The second-order valence-corrected chi connectivity index (χ2v) is 5.35. The highest BCUT2D eigenvalue weighted by Gasteiger charge is 2.13. The van der Waals surface area contributed by atoms with Gasteiger partial charge in [0.1, 0.15) is 0 Å². The summed E-state index contributed by atoms with van der Waals surface area (Å²) in [5, 5.41) is 9.46. The Hall–Kier alpha value is -1.56. The zero-order chi connectivity index (χ0) is 15.0. The third kappa shape index (κ3) is 5.21. The van der Waals surface area contributed by atoms with Crippen LogP contribution >= 0.6 is 11.8 Å². The van der Waals surface area contributed by atoms with E-state index in [2.05, 4.69) is 4.98 Å². The molecule has 0 aromatic carbocycles. The SMILES string of the molecule is CCCN(CCC)C(=O)CSc1cc(C(=O)O)ccn1. The summed E-state index contributed by atoms with van der Waals surface area (Å²) in [6.07, 6.45) is 3.32. The molecule has 1 aromatic rings. The zero-order valence-corrected chi connectivity index (χ0v) is 12.7. The van der Waals surface area contributed by atoms with Gasteiger partial charge in [-0.2, -0.15) is 0 Å². The minimum Gasteiger partial charge on any atom is -0.478 e. The van der Waals surface area contributed by atoms with Gasteiger partial charge in [-0.15, -0.1) is 0 Å². The fourth-order valence-corrected chi connectivity index (χ4v) is 2.55. The van der Waals surface area contributed by atoms with Crippen LogP contribution in [-0.4, -0.2) is 45.7 Å². The molecular weight excluding hydrogens is 276 g/mol. The fraction of sp³-hybridized carbons (Fsp3) is 0.500. The Morgan fingerprint density at radius 3 is 2.50 bits per heavy atom. The molecular formula is C14H20N2O3S. The van der Waals surface area contributed by atoms with E-state index in [-0.39, 0.29) is 17.2 Å². The Morgan fingerprint density at radius 2 is 1.95 bits per heavy atom. The number of carbonyl (C=O) groups is 2. The lowest BCUT2D eigenvalue weighted by molar-refractivity contribution is -0.128. The molecule has 1 amide bonds. The van der Waals surface area contributed by atoms with Gasteiger partial charge in [0.05, 0.1) is 16.3 Å². The number of pyridine rings is 1. The van der Waals surface area contributed by atoms with E-state index in [1.165, 1.54) is 30.1 Å². The van der Waals surface area contributed by atoms with Crippen LogP contribution < -0.4 is 0 Å². The normalized spacial score (nSPS) is 10.3. The highest BCUT2D eigenvalue weighted by molar-refractivity contribution is 7.99. The third-order valence-corrected chi connectivity index (χ3v) is 3.58. The van der Waals surface area contributed by atoms with Crippen molar-refractivity contribution in [1.82, 2.24) is 9.88 Å². The molecule has 0 radical (unpaired) electrons. The Bertz CT molecular complexity index is 459. The van der Waals surface area contributed by atoms with Gasteiger partial charge in [-0.25, -0.2) is 9.78 Å². The summed E-state index contributed by atoms with van der Waals surface area (Å²) in [4.78, 5) is 28.8. The van der Waals surface area contributed by atoms with Crippen LogP contribution in [0.5, 0.6) is 0 Å². The third-order valence-electron chi connectivity index (χ3n) is 2.67. The Labute approximate surface area is 123 Å². The number of carboxylic acids is 1. The highest BCUT2D eigenvalue weighted by Crippen LogP contribution is 2.17. The van der Waals surface area contributed by atoms with Gasteiger partial charge in [0, 0.05) is 19.3 Å². The van der Waals surface area contributed by atoms with Crippen LogP contribution in [0.15, 0.2) is 23.4 Å². The van der Waals surface area contributed by atoms with Gasteiger partial charge in [-0.3, -0.25) is 4.79 Å². The average molecular weight is 296 g/mol. The van der Waals surface area contributed by atoms with Crippen LogP contribution in [0.3, 0.4) is 0 Å². The smallest absolute Gasteiger partial charge is 0.335 e. The van der Waals surface area contributed by atoms with E-state index in [1.54, 1.807) is 0 Å². The summed E-state index contributed by atoms with van der Waals surface area (Å²) in [5.41, 5.74) is 0.189. The molecule has 1 heterocycles.